The molecule has 0 atom stereocenters. The highest BCUT2D eigenvalue weighted by atomic mass is 15.1. The molecule has 0 bridgehead atoms. The first-order chi connectivity index (χ1) is 38.7. The van der Waals surface area contributed by atoms with Gasteiger partial charge in [-0.1, -0.05) is 231 Å². The van der Waals surface area contributed by atoms with Crippen molar-refractivity contribution in [3.63, 3.8) is 0 Å². The van der Waals surface area contributed by atoms with Gasteiger partial charge in [0.25, 0.3) is 0 Å². The Bertz CT molecular complexity index is 4710. The second kappa shape index (κ2) is 18.8. The van der Waals surface area contributed by atoms with Gasteiger partial charge in [0.2, 0.25) is 0 Å². The van der Waals surface area contributed by atoms with Crippen LogP contribution in [0.25, 0.3) is 126 Å². The van der Waals surface area contributed by atoms with Crippen molar-refractivity contribution in [1.29, 1.82) is 0 Å². The van der Waals surface area contributed by atoms with Crippen LogP contribution >= 0.6 is 0 Å². The molecule has 0 aliphatic carbocycles. The molecule has 15 rings (SSSR count). The topological polar surface area (TPSA) is 8.17 Å². The van der Waals surface area contributed by atoms with Gasteiger partial charge in [-0.25, -0.2) is 0 Å². The zero-order chi connectivity index (χ0) is 51.5. The van der Waals surface area contributed by atoms with Crippen molar-refractivity contribution in [1.82, 2.24) is 4.57 Å². The summed E-state index contributed by atoms with van der Waals surface area (Å²) in [4.78, 5) is 2.39. The van der Waals surface area contributed by atoms with Crippen LogP contribution in [0.4, 0.5) is 17.1 Å². The molecule has 2 heteroatoms. The highest BCUT2D eigenvalue weighted by Gasteiger charge is 2.19. The third-order valence-corrected chi connectivity index (χ3v) is 16.0. The van der Waals surface area contributed by atoms with Gasteiger partial charge in [-0.15, -0.1) is 0 Å². The second-order valence-electron chi connectivity index (χ2n) is 20.4. The minimum absolute atomic E-state index is 1.09. The smallest absolute Gasteiger partial charge is 0.0541 e. The Morgan fingerprint density at radius 1 is 0.205 bits per heavy atom. The third-order valence-electron chi connectivity index (χ3n) is 16.0. The van der Waals surface area contributed by atoms with Crippen LogP contribution < -0.4 is 4.90 Å². The SMILES string of the molecule is c1ccc(-c2ccc(-c3ccc4c(c3)c3cc(-c5ccc(N(c6ccc(-c7ccccc7)cc6)c6cccc7ccccc67)cc5)ccc3n4-c3cccc(-c4ccc5c6ccccc6c6ccccc6c5c4)c3)cc2)cc1. The average Bonchev–Trinajstić information content (AvgIpc) is 4.07. The number of rotatable bonds is 9. The van der Waals surface area contributed by atoms with E-state index in [1.807, 2.05) is 0 Å². The molecule has 1 aromatic heterocycles. The van der Waals surface area contributed by atoms with Gasteiger partial charge in [0.05, 0.1) is 16.7 Å². The molecule has 0 aliphatic rings. The Hall–Kier alpha value is -10.3. The van der Waals surface area contributed by atoms with Crippen molar-refractivity contribution < 1.29 is 0 Å². The highest BCUT2D eigenvalue weighted by molar-refractivity contribution is 6.26. The minimum atomic E-state index is 1.09. The number of hydrogen-bond donors (Lipinski definition) is 0. The molecule has 0 unspecified atom stereocenters. The Balaban J connectivity index is 0.852. The third kappa shape index (κ3) is 7.81. The van der Waals surface area contributed by atoms with E-state index < -0.39 is 0 Å². The Kier molecular flexibility index (Phi) is 10.9. The van der Waals surface area contributed by atoms with Crippen LogP contribution in [-0.4, -0.2) is 4.57 Å². The zero-order valence-electron chi connectivity index (χ0n) is 42.8. The molecule has 1 heterocycles. The van der Waals surface area contributed by atoms with Crippen LogP contribution in [0.5, 0.6) is 0 Å². The number of anilines is 3. The molecule has 0 N–H and O–H groups in total. The van der Waals surface area contributed by atoms with E-state index in [1.165, 1.54) is 109 Å². The standard InChI is InChI=1S/C76H50N2/c1-3-15-51(16-4-1)53-29-31-55(32-30-53)59-38-45-75-72(49-59)73-50-60(56-35-42-63(43-36-56)77(74-28-14-20-57-19-7-8-23-65(57)74)62-40-33-54(34-41-62)52-17-5-2-6-18-52)39-46-76(73)78(75)64-22-13-21-58(47-64)61-37-44-70-68-26-10-9-24-66(68)67-25-11-12-27-69(67)71(70)48-61/h1-50H. The number of benzene rings is 14. The molecule has 14 aromatic carbocycles. The van der Waals surface area contributed by atoms with Crippen LogP contribution in [0.1, 0.15) is 0 Å². The molecule has 364 valence electrons. The molecule has 0 aliphatic heterocycles. The lowest BCUT2D eigenvalue weighted by atomic mass is 9.92. The van der Waals surface area contributed by atoms with E-state index >= 15 is 0 Å². The van der Waals surface area contributed by atoms with Crippen LogP contribution in [0, 0.1) is 0 Å². The van der Waals surface area contributed by atoms with Gasteiger partial charge in [0.15, 0.2) is 0 Å². The van der Waals surface area contributed by atoms with Gasteiger partial charge in [-0.3, -0.25) is 0 Å². The van der Waals surface area contributed by atoms with E-state index in [9.17, 15) is 0 Å². The van der Waals surface area contributed by atoms with Crippen molar-refractivity contribution in [2.24, 2.45) is 0 Å². The minimum Gasteiger partial charge on any atom is -0.310 e. The Morgan fingerprint density at radius 3 is 1.10 bits per heavy atom. The quantitative estimate of drug-likeness (QED) is 0.131. The molecule has 78 heavy (non-hydrogen) atoms. The summed E-state index contributed by atoms with van der Waals surface area (Å²) in [6.45, 7) is 0. The summed E-state index contributed by atoms with van der Waals surface area (Å²) in [5.74, 6) is 0. The van der Waals surface area contributed by atoms with Gasteiger partial charge >= 0.3 is 0 Å². The summed E-state index contributed by atoms with van der Waals surface area (Å²) in [7, 11) is 0. The predicted molar refractivity (Wildman–Crippen MR) is 333 cm³/mol. The lowest BCUT2D eigenvalue weighted by Gasteiger charge is -2.27. The number of hydrogen-bond acceptors (Lipinski definition) is 1. The van der Waals surface area contributed by atoms with Gasteiger partial charge in [0, 0.05) is 33.2 Å². The molecule has 0 saturated carbocycles. The predicted octanol–water partition coefficient (Wildman–Crippen LogP) is 21.2. The number of fused-ring (bicyclic) bond motifs is 10. The van der Waals surface area contributed by atoms with E-state index in [-0.39, 0.29) is 0 Å². The van der Waals surface area contributed by atoms with Crippen molar-refractivity contribution in [2.75, 3.05) is 4.90 Å². The van der Waals surface area contributed by atoms with Crippen LogP contribution in [0.3, 0.4) is 0 Å². The number of aromatic nitrogens is 1. The Morgan fingerprint density at radius 2 is 0.551 bits per heavy atom. The Labute approximate surface area is 453 Å². The van der Waals surface area contributed by atoms with Gasteiger partial charge in [-0.05, 0) is 166 Å². The first-order valence-electron chi connectivity index (χ1n) is 26.9. The number of nitrogens with zero attached hydrogens (tertiary/aromatic N) is 2. The lowest BCUT2D eigenvalue weighted by Crippen LogP contribution is -2.10. The lowest BCUT2D eigenvalue weighted by molar-refractivity contribution is 1.18. The molecule has 0 saturated heterocycles. The van der Waals surface area contributed by atoms with Crippen molar-refractivity contribution >= 4 is 82.0 Å². The summed E-state index contributed by atoms with van der Waals surface area (Å²) in [6, 6.07) is 111. The maximum atomic E-state index is 2.46. The summed E-state index contributed by atoms with van der Waals surface area (Å²) in [5.41, 5.74) is 18.7. The second-order valence-corrected chi connectivity index (χ2v) is 20.4. The van der Waals surface area contributed by atoms with Gasteiger partial charge in [-0.2, -0.15) is 0 Å². The van der Waals surface area contributed by atoms with E-state index in [0.29, 0.717) is 0 Å². The molecule has 0 amide bonds. The fraction of sp³-hybridized carbons (Fsp3) is 0. The van der Waals surface area contributed by atoms with Crippen molar-refractivity contribution in [2.45, 2.75) is 0 Å². The molecule has 2 nitrogen and oxygen atoms in total. The maximum Gasteiger partial charge on any atom is 0.0541 e. The van der Waals surface area contributed by atoms with Crippen molar-refractivity contribution in [3.8, 4) is 61.3 Å². The highest BCUT2D eigenvalue weighted by Crippen LogP contribution is 2.43. The van der Waals surface area contributed by atoms with E-state index in [1.54, 1.807) is 0 Å². The van der Waals surface area contributed by atoms with Crippen LogP contribution in [0.2, 0.25) is 0 Å². The molecule has 15 aromatic rings. The van der Waals surface area contributed by atoms with E-state index in [2.05, 4.69) is 313 Å². The molecule has 0 fully saturated rings. The van der Waals surface area contributed by atoms with Crippen LogP contribution in [-0.2, 0) is 0 Å². The first-order valence-corrected chi connectivity index (χ1v) is 26.9. The summed E-state index contributed by atoms with van der Waals surface area (Å²) < 4.78 is 2.46. The maximum absolute atomic E-state index is 2.46. The molecular formula is C76H50N2. The summed E-state index contributed by atoms with van der Waals surface area (Å²) in [6.07, 6.45) is 0. The zero-order valence-corrected chi connectivity index (χ0v) is 42.8. The van der Waals surface area contributed by atoms with Gasteiger partial charge < -0.3 is 9.47 Å². The van der Waals surface area contributed by atoms with E-state index in [4.69, 9.17) is 0 Å². The fourth-order valence-corrected chi connectivity index (χ4v) is 12.1. The normalized spacial score (nSPS) is 11.6. The summed E-state index contributed by atoms with van der Waals surface area (Å²) in [5, 5.41) is 12.5. The molecule has 0 radical (unpaired) electrons. The van der Waals surface area contributed by atoms with E-state index in [0.717, 1.165) is 33.8 Å². The first kappa shape index (κ1) is 45.1. The largest absolute Gasteiger partial charge is 0.310 e. The van der Waals surface area contributed by atoms with Crippen molar-refractivity contribution in [3.05, 3.63) is 303 Å². The fourth-order valence-electron chi connectivity index (χ4n) is 12.1. The van der Waals surface area contributed by atoms with Crippen LogP contribution in [0.15, 0.2) is 303 Å². The molecular weight excluding hydrogens is 941 g/mol. The van der Waals surface area contributed by atoms with Gasteiger partial charge in [0.1, 0.15) is 0 Å². The monoisotopic (exact) mass is 990 g/mol. The average molecular weight is 991 g/mol. The summed E-state index contributed by atoms with van der Waals surface area (Å²) >= 11 is 0. The molecule has 0 spiro atoms.